The van der Waals surface area contributed by atoms with Gasteiger partial charge in [0.15, 0.2) is 5.69 Å². The van der Waals surface area contributed by atoms with E-state index in [1.807, 2.05) is 13.8 Å². The van der Waals surface area contributed by atoms with Crippen LogP contribution in [0.1, 0.15) is 30.0 Å². The summed E-state index contributed by atoms with van der Waals surface area (Å²) in [6.45, 7) is 6.66. The summed E-state index contributed by atoms with van der Waals surface area (Å²) in [4.78, 5) is 24.3. The summed E-state index contributed by atoms with van der Waals surface area (Å²) in [5, 5.41) is 9.88. The number of carbonyl (C=O) groups is 1. The molecule has 0 aliphatic carbocycles. The number of para-hydroxylation sites is 1. The van der Waals surface area contributed by atoms with Gasteiger partial charge in [-0.2, -0.15) is 5.10 Å². The summed E-state index contributed by atoms with van der Waals surface area (Å²) in [5.74, 6) is -1.06. The number of hydrogen-bond donors (Lipinski definition) is 2. The van der Waals surface area contributed by atoms with Crippen LogP contribution >= 0.6 is 12.4 Å². The largest absolute Gasteiger partial charge is 0.349 e. The highest BCUT2D eigenvalue weighted by Crippen LogP contribution is 2.12. The average molecular weight is 369 g/mol. The van der Waals surface area contributed by atoms with Crippen molar-refractivity contribution in [3.05, 3.63) is 57.8 Å². The van der Waals surface area contributed by atoms with E-state index in [-0.39, 0.29) is 29.8 Å². The third-order valence-corrected chi connectivity index (χ3v) is 3.52. The van der Waals surface area contributed by atoms with E-state index in [2.05, 4.69) is 15.7 Å². The first-order valence-corrected chi connectivity index (χ1v) is 7.81. The van der Waals surface area contributed by atoms with Crippen molar-refractivity contribution in [2.24, 2.45) is 0 Å². The molecule has 136 valence electrons. The highest BCUT2D eigenvalue weighted by Gasteiger charge is 2.17. The zero-order valence-corrected chi connectivity index (χ0v) is 15.2. The third-order valence-electron chi connectivity index (χ3n) is 3.52. The summed E-state index contributed by atoms with van der Waals surface area (Å²) in [7, 11) is 0. The first kappa shape index (κ1) is 20.8. The Morgan fingerprint density at radius 2 is 2.04 bits per heavy atom. The zero-order chi connectivity index (χ0) is 17.7. The van der Waals surface area contributed by atoms with E-state index in [1.165, 1.54) is 22.9 Å². The molecule has 1 aromatic carbocycles. The molecular weight excluding hydrogens is 347 g/mol. The molecule has 0 aliphatic rings. The minimum Gasteiger partial charge on any atom is -0.349 e. The molecule has 1 atom stereocenters. The van der Waals surface area contributed by atoms with Crippen LogP contribution in [0, 0.1) is 12.7 Å². The van der Waals surface area contributed by atoms with Gasteiger partial charge in [0.1, 0.15) is 11.5 Å². The van der Waals surface area contributed by atoms with E-state index in [4.69, 9.17) is 0 Å². The number of halogens is 2. The minimum absolute atomic E-state index is 0. The topological polar surface area (TPSA) is 76.0 Å². The van der Waals surface area contributed by atoms with Crippen LogP contribution in [0.25, 0.3) is 5.69 Å². The summed E-state index contributed by atoms with van der Waals surface area (Å²) in [5.41, 5.74) is -0.117. The van der Waals surface area contributed by atoms with Crippen LogP contribution in [-0.2, 0) is 0 Å². The van der Waals surface area contributed by atoms with Crippen LogP contribution in [0.4, 0.5) is 4.39 Å². The maximum Gasteiger partial charge on any atom is 0.275 e. The Morgan fingerprint density at radius 3 is 2.68 bits per heavy atom. The Morgan fingerprint density at radius 1 is 1.36 bits per heavy atom. The Bertz CT molecular complexity index is 794. The van der Waals surface area contributed by atoms with Gasteiger partial charge in [-0.25, -0.2) is 9.07 Å². The van der Waals surface area contributed by atoms with Gasteiger partial charge in [-0.05, 0) is 32.5 Å². The monoisotopic (exact) mass is 368 g/mol. The number of likely N-dealkylation sites (N-methyl/N-ethyl adjacent to an activating group) is 1. The maximum absolute atomic E-state index is 14.0. The lowest BCUT2D eigenvalue weighted by molar-refractivity contribution is 0.0942. The number of aromatic nitrogens is 2. The van der Waals surface area contributed by atoms with Crippen LogP contribution in [0.2, 0.25) is 0 Å². The lowest BCUT2D eigenvalue weighted by Crippen LogP contribution is -2.40. The molecule has 6 nitrogen and oxygen atoms in total. The molecule has 2 aromatic rings. The van der Waals surface area contributed by atoms with Crippen molar-refractivity contribution in [2.75, 3.05) is 13.1 Å². The lowest BCUT2D eigenvalue weighted by Gasteiger charge is -2.14. The number of aryl methyl sites for hydroxylation is 1. The molecule has 2 rings (SSSR count). The molecule has 0 saturated carbocycles. The van der Waals surface area contributed by atoms with E-state index in [1.54, 1.807) is 19.1 Å². The first-order chi connectivity index (χ1) is 11.4. The SMILES string of the molecule is CCN[C@H](C)CNC(=O)c1nn(-c2ccccc2F)c(C)cc1=O.Cl. The molecule has 2 N–H and O–H groups in total. The molecule has 0 bridgehead atoms. The Balaban J connectivity index is 0.00000312. The molecule has 1 heterocycles. The summed E-state index contributed by atoms with van der Waals surface area (Å²) in [6, 6.07) is 7.41. The third kappa shape index (κ3) is 5.11. The summed E-state index contributed by atoms with van der Waals surface area (Å²) >= 11 is 0. The van der Waals surface area contributed by atoms with Gasteiger partial charge < -0.3 is 10.6 Å². The Hall–Kier alpha value is -2.25. The van der Waals surface area contributed by atoms with Gasteiger partial charge in [0, 0.05) is 24.3 Å². The molecule has 1 amide bonds. The van der Waals surface area contributed by atoms with E-state index in [0.29, 0.717) is 12.2 Å². The summed E-state index contributed by atoms with van der Waals surface area (Å²) < 4.78 is 15.2. The molecule has 0 aliphatic heterocycles. The van der Waals surface area contributed by atoms with Crippen molar-refractivity contribution >= 4 is 18.3 Å². The number of rotatable bonds is 6. The van der Waals surface area contributed by atoms with E-state index in [0.717, 1.165) is 6.54 Å². The fraction of sp³-hybridized carbons (Fsp3) is 0.353. The predicted octanol–water partition coefficient (Wildman–Crippen LogP) is 1.83. The maximum atomic E-state index is 14.0. The normalized spacial score (nSPS) is 11.5. The van der Waals surface area contributed by atoms with E-state index in [9.17, 15) is 14.0 Å². The van der Waals surface area contributed by atoms with Gasteiger partial charge in [-0.15, -0.1) is 12.4 Å². The fourth-order valence-electron chi connectivity index (χ4n) is 2.32. The second-order valence-corrected chi connectivity index (χ2v) is 5.53. The van der Waals surface area contributed by atoms with Crippen molar-refractivity contribution < 1.29 is 9.18 Å². The molecule has 0 spiro atoms. The molecule has 0 fully saturated rings. The van der Waals surface area contributed by atoms with E-state index >= 15 is 0 Å². The van der Waals surface area contributed by atoms with Gasteiger partial charge in [-0.1, -0.05) is 19.1 Å². The number of carbonyl (C=O) groups excluding carboxylic acids is 1. The van der Waals surface area contributed by atoms with Crippen LogP contribution in [0.15, 0.2) is 35.1 Å². The molecule has 1 aromatic heterocycles. The number of benzene rings is 1. The molecule has 0 radical (unpaired) electrons. The molecule has 8 heteroatoms. The van der Waals surface area contributed by atoms with Crippen LogP contribution < -0.4 is 16.1 Å². The Kier molecular flexibility index (Phi) is 7.73. The van der Waals surface area contributed by atoms with Gasteiger partial charge in [-0.3, -0.25) is 9.59 Å². The number of hydrogen-bond acceptors (Lipinski definition) is 4. The fourth-order valence-corrected chi connectivity index (χ4v) is 2.32. The van der Waals surface area contributed by atoms with E-state index < -0.39 is 17.2 Å². The predicted molar refractivity (Wildman–Crippen MR) is 97.2 cm³/mol. The second kappa shape index (κ2) is 9.29. The quantitative estimate of drug-likeness (QED) is 0.815. The average Bonchev–Trinajstić information content (AvgIpc) is 2.54. The number of nitrogens with one attached hydrogen (secondary N) is 2. The molecule has 0 saturated heterocycles. The zero-order valence-electron chi connectivity index (χ0n) is 14.4. The van der Waals surface area contributed by atoms with Crippen molar-refractivity contribution in [1.29, 1.82) is 0 Å². The lowest BCUT2D eigenvalue weighted by atomic mass is 10.2. The highest BCUT2D eigenvalue weighted by atomic mass is 35.5. The van der Waals surface area contributed by atoms with Crippen molar-refractivity contribution in [1.82, 2.24) is 20.4 Å². The Labute approximate surface area is 151 Å². The van der Waals surface area contributed by atoms with Crippen LogP contribution in [0.3, 0.4) is 0 Å². The molecular formula is C17H22ClFN4O2. The van der Waals surface area contributed by atoms with Gasteiger partial charge in [0.25, 0.3) is 5.91 Å². The molecule has 0 unspecified atom stereocenters. The number of amides is 1. The first-order valence-electron chi connectivity index (χ1n) is 7.81. The van der Waals surface area contributed by atoms with Crippen molar-refractivity contribution in [3.8, 4) is 5.69 Å². The van der Waals surface area contributed by atoms with Gasteiger partial charge in [0.2, 0.25) is 5.43 Å². The number of nitrogens with zero attached hydrogens (tertiary/aromatic N) is 2. The van der Waals surface area contributed by atoms with Crippen molar-refractivity contribution in [3.63, 3.8) is 0 Å². The van der Waals surface area contributed by atoms with Crippen LogP contribution in [-0.4, -0.2) is 34.8 Å². The standard InChI is InChI=1S/C17H21FN4O2.ClH/c1-4-19-11(2)10-20-17(24)16-15(23)9-12(3)22(21-16)14-8-6-5-7-13(14)18;/h5-9,11,19H,4,10H2,1-3H3,(H,20,24);1H/t11-;/m1./s1. The summed E-state index contributed by atoms with van der Waals surface area (Å²) in [6.07, 6.45) is 0. The van der Waals surface area contributed by atoms with Gasteiger partial charge in [0.05, 0.1) is 0 Å². The van der Waals surface area contributed by atoms with Crippen molar-refractivity contribution in [2.45, 2.75) is 26.8 Å². The smallest absolute Gasteiger partial charge is 0.275 e. The van der Waals surface area contributed by atoms with Crippen LogP contribution in [0.5, 0.6) is 0 Å². The highest BCUT2D eigenvalue weighted by molar-refractivity contribution is 5.92. The molecule has 25 heavy (non-hydrogen) atoms. The second-order valence-electron chi connectivity index (χ2n) is 5.53. The minimum atomic E-state index is -0.574. The van der Waals surface area contributed by atoms with Gasteiger partial charge >= 0.3 is 0 Å².